The van der Waals surface area contributed by atoms with Crippen LogP contribution in [0.5, 0.6) is 0 Å². The first-order valence-electron chi connectivity index (χ1n) is 9.97. The summed E-state index contributed by atoms with van der Waals surface area (Å²) < 4.78 is 0. The highest BCUT2D eigenvalue weighted by atomic mass is 16.2. The summed E-state index contributed by atoms with van der Waals surface area (Å²) in [5.41, 5.74) is 1.10. The lowest BCUT2D eigenvalue weighted by atomic mass is 9.95. The summed E-state index contributed by atoms with van der Waals surface area (Å²) in [4.78, 5) is 28.4. The Hall–Kier alpha value is -2.08. The van der Waals surface area contributed by atoms with Gasteiger partial charge in [-0.05, 0) is 32.5 Å². The molecule has 1 aromatic carbocycles. The van der Waals surface area contributed by atoms with Gasteiger partial charge in [-0.2, -0.15) is 0 Å². The van der Waals surface area contributed by atoms with Crippen molar-refractivity contribution < 1.29 is 9.59 Å². The molecule has 1 aromatic rings. The third-order valence-electron chi connectivity index (χ3n) is 5.11. The normalized spacial score (nSPS) is 16.0. The molecule has 0 aliphatic heterocycles. The Bertz CT molecular complexity index is 585. The molecular formula is C21H34N4O2. The molecule has 0 aromatic heterocycles. The Morgan fingerprint density at radius 1 is 1.07 bits per heavy atom. The molecular weight excluding hydrogens is 340 g/mol. The molecule has 1 atom stereocenters. The van der Waals surface area contributed by atoms with Crippen molar-refractivity contribution in [1.82, 2.24) is 20.4 Å². The number of carbonyl (C=O) groups is 2. The van der Waals surface area contributed by atoms with Crippen LogP contribution in [0.2, 0.25) is 0 Å². The fourth-order valence-corrected chi connectivity index (χ4v) is 3.57. The van der Waals surface area contributed by atoms with Gasteiger partial charge in [0.25, 0.3) is 0 Å². The van der Waals surface area contributed by atoms with E-state index in [4.69, 9.17) is 0 Å². The van der Waals surface area contributed by atoms with E-state index in [-0.39, 0.29) is 18.0 Å². The van der Waals surface area contributed by atoms with Crippen molar-refractivity contribution in [3.8, 4) is 0 Å². The maximum absolute atomic E-state index is 12.6. The van der Waals surface area contributed by atoms with Crippen molar-refractivity contribution in [2.45, 2.75) is 50.6 Å². The van der Waals surface area contributed by atoms with E-state index in [1.54, 1.807) is 11.9 Å². The molecule has 6 nitrogen and oxygen atoms in total. The zero-order valence-corrected chi connectivity index (χ0v) is 16.9. The lowest BCUT2D eigenvalue weighted by molar-refractivity contribution is -0.121. The zero-order chi connectivity index (χ0) is 19.6. The SMILES string of the molecule is CN(C)CC(c1ccccc1)N(C)C(=O)NCCC(=O)NC1CCCCC1. The highest BCUT2D eigenvalue weighted by Gasteiger charge is 2.22. The average Bonchev–Trinajstić information content (AvgIpc) is 2.66. The molecule has 1 aliphatic carbocycles. The van der Waals surface area contributed by atoms with Crippen molar-refractivity contribution in [3.05, 3.63) is 35.9 Å². The summed E-state index contributed by atoms with van der Waals surface area (Å²) in [6.07, 6.45) is 6.12. The van der Waals surface area contributed by atoms with Gasteiger partial charge in [0.05, 0.1) is 6.04 Å². The first-order valence-corrected chi connectivity index (χ1v) is 9.97. The third-order valence-corrected chi connectivity index (χ3v) is 5.11. The predicted molar refractivity (Wildman–Crippen MR) is 109 cm³/mol. The highest BCUT2D eigenvalue weighted by Crippen LogP contribution is 2.20. The first-order chi connectivity index (χ1) is 13.0. The van der Waals surface area contributed by atoms with E-state index >= 15 is 0 Å². The molecule has 2 N–H and O–H groups in total. The molecule has 0 saturated heterocycles. The lowest BCUT2D eigenvalue weighted by Crippen LogP contribution is -2.44. The Labute approximate surface area is 163 Å². The summed E-state index contributed by atoms with van der Waals surface area (Å²) in [5.74, 6) is 0.0257. The van der Waals surface area contributed by atoms with Gasteiger partial charge in [-0.25, -0.2) is 4.79 Å². The second kappa shape index (κ2) is 10.9. The van der Waals surface area contributed by atoms with Crippen molar-refractivity contribution in [2.24, 2.45) is 0 Å². The summed E-state index contributed by atoms with van der Waals surface area (Å²) in [6, 6.07) is 10.1. The second-order valence-electron chi connectivity index (χ2n) is 7.68. The van der Waals surface area contributed by atoms with Crippen LogP contribution in [-0.4, -0.2) is 62.0 Å². The zero-order valence-electron chi connectivity index (χ0n) is 16.9. The van der Waals surface area contributed by atoms with Crippen LogP contribution in [0.4, 0.5) is 4.79 Å². The summed E-state index contributed by atoms with van der Waals surface area (Å²) >= 11 is 0. The first kappa shape index (κ1) is 21.2. The number of rotatable bonds is 8. The Morgan fingerprint density at radius 2 is 1.74 bits per heavy atom. The molecule has 3 amide bonds. The number of benzene rings is 1. The number of hydrogen-bond acceptors (Lipinski definition) is 3. The van der Waals surface area contributed by atoms with Crippen LogP contribution in [0.25, 0.3) is 0 Å². The fraction of sp³-hybridized carbons (Fsp3) is 0.619. The van der Waals surface area contributed by atoms with Crippen LogP contribution < -0.4 is 10.6 Å². The number of likely N-dealkylation sites (N-methyl/N-ethyl adjacent to an activating group) is 2. The minimum absolute atomic E-state index is 0.0257. The molecule has 1 aliphatic rings. The quantitative estimate of drug-likeness (QED) is 0.735. The van der Waals surface area contributed by atoms with Crippen LogP contribution in [0.15, 0.2) is 30.3 Å². The molecule has 1 fully saturated rings. The number of nitrogens with zero attached hydrogens (tertiary/aromatic N) is 2. The Balaban J connectivity index is 1.81. The van der Waals surface area contributed by atoms with Gasteiger partial charge in [-0.15, -0.1) is 0 Å². The molecule has 1 unspecified atom stereocenters. The number of hydrogen-bond donors (Lipinski definition) is 2. The van der Waals surface area contributed by atoms with Crippen LogP contribution in [-0.2, 0) is 4.79 Å². The van der Waals surface area contributed by atoms with E-state index in [0.29, 0.717) is 19.0 Å². The van der Waals surface area contributed by atoms with Gasteiger partial charge in [0.15, 0.2) is 0 Å². The molecule has 27 heavy (non-hydrogen) atoms. The smallest absolute Gasteiger partial charge is 0.317 e. The molecule has 150 valence electrons. The minimum atomic E-state index is -0.156. The van der Waals surface area contributed by atoms with Gasteiger partial charge < -0.3 is 20.4 Å². The monoisotopic (exact) mass is 374 g/mol. The molecule has 0 radical (unpaired) electrons. The van der Waals surface area contributed by atoms with Crippen molar-refractivity contribution in [2.75, 3.05) is 34.2 Å². The van der Waals surface area contributed by atoms with Crippen molar-refractivity contribution in [3.63, 3.8) is 0 Å². The standard InChI is InChI=1S/C21H34N4O2/c1-24(2)16-19(17-10-6-4-7-11-17)25(3)21(27)22-15-14-20(26)23-18-12-8-5-9-13-18/h4,6-7,10-11,18-19H,5,8-9,12-16H2,1-3H3,(H,22,27)(H,23,26). The molecule has 2 rings (SSSR count). The highest BCUT2D eigenvalue weighted by molar-refractivity contribution is 5.78. The van der Waals surface area contributed by atoms with Crippen LogP contribution >= 0.6 is 0 Å². The maximum Gasteiger partial charge on any atom is 0.317 e. The molecule has 0 heterocycles. The lowest BCUT2D eigenvalue weighted by Gasteiger charge is -2.31. The van der Waals surface area contributed by atoms with E-state index in [0.717, 1.165) is 24.9 Å². The van der Waals surface area contributed by atoms with Gasteiger partial charge in [-0.1, -0.05) is 49.6 Å². The molecule has 1 saturated carbocycles. The van der Waals surface area contributed by atoms with Crippen molar-refractivity contribution >= 4 is 11.9 Å². The van der Waals surface area contributed by atoms with Crippen LogP contribution in [0, 0.1) is 0 Å². The molecule has 6 heteroatoms. The second-order valence-corrected chi connectivity index (χ2v) is 7.68. The summed E-state index contributed by atoms with van der Waals surface area (Å²) in [6.45, 7) is 1.08. The van der Waals surface area contributed by atoms with E-state index in [1.165, 1.54) is 19.3 Å². The summed E-state index contributed by atoms with van der Waals surface area (Å²) in [5, 5.41) is 5.97. The molecule has 0 bridgehead atoms. The maximum atomic E-state index is 12.6. The van der Waals surface area contributed by atoms with E-state index in [2.05, 4.69) is 15.5 Å². The minimum Gasteiger partial charge on any atom is -0.353 e. The molecule has 0 spiro atoms. The van der Waals surface area contributed by atoms with E-state index in [1.807, 2.05) is 44.4 Å². The van der Waals surface area contributed by atoms with Crippen LogP contribution in [0.3, 0.4) is 0 Å². The predicted octanol–water partition coefficient (Wildman–Crippen LogP) is 2.77. The van der Waals surface area contributed by atoms with Gasteiger partial charge >= 0.3 is 6.03 Å². The Morgan fingerprint density at radius 3 is 2.37 bits per heavy atom. The Kier molecular flexibility index (Phi) is 8.58. The van der Waals surface area contributed by atoms with E-state index in [9.17, 15) is 9.59 Å². The number of nitrogens with one attached hydrogen (secondary N) is 2. The third kappa shape index (κ3) is 7.21. The van der Waals surface area contributed by atoms with Gasteiger partial charge in [0.1, 0.15) is 0 Å². The number of amides is 3. The summed E-state index contributed by atoms with van der Waals surface area (Å²) in [7, 11) is 5.80. The number of urea groups is 1. The van der Waals surface area contributed by atoms with E-state index < -0.39 is 0 Å². The van der Waals surface area contributed by atoms with Crippen LogP contribution in [0.1, 0.15) is 50.1 Å². The van der Waals surface area contributed by atoms with Gasteiger partial charge in [0, 0.05) is 32.6 Å². The average molecular weight is 375 g/mol. The number of carbonyl (C=O) groups excluding carboxylic acids is 2. The largest absolute Gasteiger partial charge is 0.353 e. The van der Waals surface area contributed by atoms with Gasteiger partial charge in [-0.3, -0.25) is 4.79 Å². The topological polar surface area (TPSA) is 64.7 Å². The fourth-order valence-electron chi connectivity index (χ4n) is 3.57. The van der Waals surface area contributed by atoms with Crippen molar-refractivity contribution in [1.29, 1.82) is 0 Å². The van der Waals surface area contributed by atoms with Gasteiger partial charge in [0.2, 0.25) is 5.91 Å².